The molecule has 162 valence electrons. The van der Waals surface area contributed by atoms with Gasteiger partial charge in [0.15, 0.2) is 5.96 Å². The number of guanidine groups is 1. The molecule has 30 heavy (non-hydrogen) atoms. The number of aliphatic imine (C=N–C) groups is 1. The minimum absolute atomic E-state index is 0.0974. The predicted octanol–water partition coefficient (Wildman–Crippen LogP) is 2.70. The number of hydrogen-bond acceptors (Lipinski definition) is 4. The maximum absolute atomic E-state index is 12.3. The van der Waals surface area contributed by atoms with Crippen molar-refractivity contribution in [2.24, 2.45) is 4.99 Å². The van der Waals surface area contributed by atoms with Crippen LogP contribution in [0, 0.1) is 6.92 Å². The van der Waals surface area contributed by atoms with Crippen LogP contribution in [0.2, 0.25) is 0 Å². The van der Waals surface area contributed by atoms with Gasteiger partial charge >= 0.3 is 0 Å². The van der Waals surface area contributed by atoms with Gasteiger partial charge in [-0.3, -0.25) is 0 Å². The van der Waals surface area contributed by atoms with E-state index in [-0.39, 0.29) is 6.04 Å². The van der Waals surface area contributed by atoms with Gasteiger partial charge < -0.3 is 15.4 Å². The van der Waals surface area contributed by atoms with Crippen molar-refractivity contribution in [2.75, 3.05) is 13.7 Å². The minimum atomic E-state index is -3.43. The van der Waals surface area contributed by atoms with Crippen molar-refractivity contribution in [3.8, 4) is 5.75 Å². The third-order valence-electron chi connectivity index (χ3n) is 4.79. The van der Waals surface area contributed by atoms with Gasteiger partial charge in [-0.15, -0.1) is 0 Å². The zero-order valence-corrected chi connectivity index (χ0v) is 18.6. The van der Waals surface area contributed by atoms with Crippen LogP contribution in [-0.2, 0) is 23.1 Å². The first kappa shape index (κ1) is 22.1. The number of methoxy groups -OCH3 is 1. The van der Waals surface area contributed by atoms with Crippen LogP contribution in [0.5, 0.6) is 5.75 Å². The molecule has 1 saturated carbocycles. The maximum Gasteiger partial charge on any atom is 0.240 e. The Hall–Kier alpha value is -2.58. The van der Waals surface area contributed by atoms with Gasteiger partial charge in [0.1, 0.15) is 5.75 Å². The number of ether oxygens (including phenoxy) is 1. The molecule has 1 aliphatic rings. The van der Waals surface area contributed by atoms with Crippen LogP contribution in [0.1, 0.15) is 36.5 Å². The van der Waals surface area contributed by atoms with Crippen LogP contribution in [0.15, 0.2) is 52.4 Å². The standard InChI is InChI=1S/C22H30N4O3S/c1-4-23-22(25-15-18-8-5-16(2)13-21(18)29-3)24-14-17-6-11-20(12-7-17)30(27,28)26-19-9-10-19/h5-8,11-13,19,26H,4,9-10,14-15H2,1-3H3,(H2,23,24,25). The number of sulfonamides is 1. The van der Waals surface area contributed by atoms with E-state index in [1.807, 2.05) is 26.0 Å². The molecule has 3 N–H and O–H groups in total. The van der Waals surface area contributed by atoms with Gasteiger partial charge in [0.25, 0.3) is 0 Å². The SMILES string of the molecule is CCNC(=NCc1ccc(S(=O)(=O)NC2CC2)cc1)NCc1ccc(C)cc1OC. The van der Waals surface area contributed by atoms with Crippen LogP contribution in [0.25, 0.3) is 0 Å². The molecule has 0 saturated heterocycles. The molecule has 0 spiro atoms. The molecule has 7 nitrogen and oxygen atoms in total. The van der Waals surface area contributed by atoms with Crippen molar-refractivity contribution in [3.05, 3.63) is 59.2 Å². The molecule has 0 aliphatic heterocycles. The summed E-state index contributed by atoms with van der Waals surface area (Å²) in [5.74, 6) is 1.53. The Balaban J connectivity index is 1.63. The quantitative estimate of drug-likeness (QED) is 0.420. The van der Waals surface area contributed by atoms with Gasteiger partial charge in [-0.05, 0) is 56.0 Å². The highest BCUT2D eigenvalue weighted by atomic mass is 32.2. The molecule has 2 aromatic carbocycles. The molecule has 0 aromatic heterocycles. The van der Waals surface area contributed by atoms with Crippen molar-refractivity contribution in [2.45, 2.75) is 50.7 Å². The molecule has 1 fully saturated rings. The number of nitrogens with zero attached hydrogens (tertiary/aromatic N) is 1. The zero-order chi connectivity index (χ0) is 21.6. The Morgan fingerprint density at radius 2 is 1.87 bits per heavy atom. The smallest absolute Gasteiger partial charge is 0.240 e. The summed E-state index contributed by atoms with van der Waals surface area (Å²) in [6.45, 7) is 5.80. The van der Waals surface area contributed by atoms with Gasteiger partial charge in [0.05, 0.1) is 18.6 Å². The summed E-state index contributed by atoms with van der Waals surface area (Å²) in [5.41, 5.74) is 3.13. The fourth-order valence-electron chi connectivity index (χ4n) is 2.95. The average molecular weight is 431 g/mol. The Morgan fingerprint density at radius 1 is 1.13 bits per heavy atom. The largest absolute Gasteiger partial charge is 0.496 e. The fourth-order valence-corrected chi connectivity index (χ4v) is 4.26. The first-order chi connectivity index (χ1) is 14.4. The second-order valence-corrected chi connectivity index (χ2v) is 9.12. The summed E-state index contributed by atoms with van der Waals surface area (Å²) in [4.78, 5) is 4.90. The number of aryl methyl sites for hydroxylation is 1. The van der Waals surface area contributed by atoms with Crippen molar-refractivity contribution < 1.29 is 13.2 Å². The first-order valence-electron chi connectivity index (χ1n) is 10.2. The predicted molar refractivity (Wildman–Crippen MR) is 119 cm³/mol. The van der Waals surface area contributed by atoms with Gasteiger partial charge in [-0.25, -0.2) is 18.1 Å². The van der Waals surface area contributed by atoms with Crippen LogP contribution in [0.4, 0.5) is 0 Å². The third-order valence-corrected chi connectivity index (χ3v) is 6.32. The monoisotopic (exact) mass is 430 g/mol. The first-order valence-corrected chi connectivity index (χ1v) is 11.7. The van der Waals surface area contributed by atoms with E-state index in [1.165, 1.54) is 0 Å². The van der Waals surface area contributed by atoms with E-state index < -0.39 is 10.0 Å². The number of benzene rings is 2. The Kier molecular flexibility index (Phi) is 7.33. The molecule has 0 atom stereocenters. The second-order valence-electron chi connectivity index (χ2n) is 7.40. The molecule has 0 unspecified atom stereocenters. The summed E-state index contributed by atoms with van der Waals surface area (Å²) in [7, 11) is -1.76. The molecule has 3 rings (SSSR count). The van der Waals surface area contributed by atoms with E-state index in [0.717, 1.165) is 41.8 Å². The van der Waals surface area contributed by atoms with Crippen molar-refractivity contribution in [1.29, 1.82) is 0 Å². The van der Waals surface area contributed by atoms with Gasteiger partial charge in [-0.1, -0.05) is 24.3 Å². The molecule has 0 heterocycles. The molecule has 0 radical (unpaired) electrons. The molecule has 2 aromatic rings. The summed E-state index contributed by atoms with van der Waals surface area (Å²) in [6.07, 6.45) is 1.83. The molecular weight excluding hydrogens is 400 g/mol. The molecule has 8 heteroatoms. The number of hydrogen-bond donors (Lipinski definition) is 3. The lowest BCUT2D eigenvalue weighted by molar-refractivity contribution is 0.408. The van der Waals surface area contributed by atoms with E-state index in [4.69, 9.17) is 4.74 Å². The topological polar surface area (TPSA) is 91.8 Å². The highest BCUT2D eigenvalue weighted by Crippen LogP contribution is 2.22. The third kappa shape index (κ3) is 6.21. The van der Waals surface area contributed by atoms with E-state index in [9.17, 15) is 8.42 Å². The minimum Gasteiger partial charge on any atom is -0.496 e. The molecule has 1 aliphatic carbocycles. The summed E-state index contributed by atoms with van der Waals surface area (Å²) < 4.78 is 32.7. The molecular formula is C22H30N4O3S. The van der Waals surface area contributed by atoms with Crippen LogP contribution in [-0.4, -0.2) is 34.1 Å². The average Bonchev–Trinajstić information content (AvgIpc) is 3.54. The maximum atomic E-state index is 12.3. The lowest BCUT2D eigenvalue weighted by Crippen LogP contribution is -2.36. The normalized spacial score (nSPS) is 14.4. The lowest BCUT2D eigenvalue weighted by Gasteiger charge is -2.14. The summed E-state index contributed by atoms with van der Waals surface area (Å²) in [6, 6.07) is 13.1. The van der Waals surface area contributed by atoms with Crippen molar-refractivity contribution in [3.63, 3.8) is 0 Å². The Bertz CT molecular complexity index is 984. The van der Waals surface area contributed by atoms with Crippen LogP contribution >= 0.6 is 0 Å². The Labute approximate surface area is 179 Å². The van der Waals surface area contributed by atoms with Crippen LogP contribution < -0.4 is 20.1 Å². The zero-order valence-electron chi connectivity index (χ0n) is 17.7. The van der Waals surface area contributed by atoms with E-state index in [0.29, 0.717) is 23.9 Å². The highest BCUT2D eigenvalue weighted by molar-refractivity contribution is 7.89. The summed E-state index contributed by atoms with van der Waals surface area (Å²) >= 11 is 0. The number of nitrogens with one attached hydrogen (secondary N) is 3. The van der Waals surface area contributed by atoms with Gasteiger partial charge in [0, 0.05) is 24.7 Å². The van der Waals surface area contributed by atoms with Crippen molar-refractivity contribution in [1.82, 2.24) is 15.4 Å². The van der Waals surface area contributed by atoms with E-state index >= 15 is 0 Å². The highest BCUT2D eigenvalue weighted by Gasteiger charge is 2.27. The summed E-state index contributed by atoms with van der Waals surface area (Å²) in [5, 5.41) is 6.55. The van der Waals surface area contributed by atoms with Gasteiger partial charge in [-0.2, -0.15) is 0 Å². The van der Waals surface area contributed by atoms with E-state index in [1.54, 1.807) is 31.4 Å². The number of rotatable bonds is 9. The molecule has 0 bridgehead atoms. The fraction of sp³-hybridized carbons (Fsp3) is 0.409. The van der Waals surface area contributed by atoms with Gasteiger partial charge in [0.2, 0.25) is 10.0 Å². The molecule has 0 amide bonds. The lowest BCUT2D eigenvalue weighted by atomic mass is 10.1. The van der Waals surface area contributed by atoms with E-state index in [2.05, 4.69) is 26.4 Å². The van der Waals surface area contributed by atoms with Crippen LogP contribution in [0.3, 0.4) is 0 Å². The van der Waals surface area contributed by atoms with Crippen molar-refractivity contribution >= 4 is 16.0 Å². The Morgan fingerprint density at radius 3 is 2.50 bits per heavy atom. The second kappa shape index (κ2) is 9.95.